The number of likely N-dealkylation sites (tertiary alicyclic amines) is 1. The molecule has 5 nitrogen and oxygen atoms in total. The van der Waals surface area contributed by atoms with Gasteiger partial charge in [-0.1, -0.05) is 0 Å². The van der Waals surface area contributed by atoms with Crippen molar-refractivity contribution in [3.05, 3.63) is 45.7 Å². The van der Waals surface area contributed by atoms with Crippen LogP contribution in [-0.4, -0.2) is 63.7 Å². The van der Waals surface area contributed by atoms with Gasteiger partial charge in [0, 0.05) is 30.2 Å². The molecule has 0 unspecified atom stereocenters. The lowest BCUT2D eigenvalue weighted by Crippen LogP contribution is -2.36. The minimum Gasteiger partial charge on any atom is -0.360 e. The third kappa shape index (κ3) is 7.36. The smallest absolute Gasteiger partial charge is 0.179 e. The molecule has 0 aliphatic carbocycles. The monoisotopic (exact) mass is 496 g/mol. The summed E-state index contributed by atoms with van der Waals surface area (Å²) in [5.74, 6) is 1.84. The van der Waals surface area contributed by atoms with Crippen molar-refractivity contribution in [3.63, 3.8) is 0 Å². The molecule has 0 N–H and O–H groups in total. The Morgan fingerprint density at radius 2 is 1.93 bits per heavy atom. The molecular weight excluding hydrogens is 460 g/mol. The highest BCUT2D eigenvalue weighted by molar-refractivity contribution is 9.10. The SMILES string of the molecule is Cc1cc(C[C@H]2CCCN(Cc3cnc(Br)n3COCCS(C)(C)C)C2)cc(C)n1. The second-order valence-corrected chi connectivity index (χ2v) is 14.8. The molecule has 0 bridgehead atoms. The number of piperidine rings is 1. The maximum Gasteiger partial charge on any atom is 0.179 e. The lowest BCUT2D eigenvalue weighted by molar-refractivity contribution is 0.0823. The van der Waals surface area contributed by atoms with E-state index >= 15 is 0 Å². The van der Waals surface area contributed by atoms with E-state index in [1.165, 1.54) is 24.1 Å². The quantitative estimate of drug-likeness (QED) is 0.468. The van der Waals surface area contributed by atoms with E-state index in [0.29, 0.717) is 12.6 Å². The molecule has 1 fully saturated rings. The van der Waals surface area contributed by atoms with Crippen LogP contribution >= 0.6 is 26.0 Å². The van der Waals surface area contributed by atoms with Gasteiger partial charge in [-0.15, -0.1) is 0 Å². The predicted molar refractivity (Wildman–Crippen MR) is 132 cm³/mol. The summed E-state index contributed by atoms with van der Waals surface area (Å²) >= 11 is 3.60. The van der Waals surface area contributed by atoms with Crippen LogP contribution < -0.4 is 0 Å². The molecule has 1 aliphatic heterocycles. The summed E-state index contributed by atoms with van der Waals surface area (Å²) in [6.07, 6.45) is 12.7. The van der Waals surface area contributed by atoms with Gasteiger partial charge in [-0.2, -0.15) is 0 Å². The summed E-state index contributed by atoms with van der Waals surface area (Å²) < 4.78 is 9.00. The van der Waals surface area contributed by atoms with E-state index in [1.54, 1.807) is 0 Å². The van der Waals surface area contributed by atoms with Crippen LogP contribution in [0.15, 0.2) is 23.1 Å². The highest BCUT2D eigenvalue weighted by Gasteiger charge is 2.22. The van der Waals surface area contributed by atoms with Crippen LogP contribution in [0, 0.1) is 19.8 Å². The average molecular weight is 498 g/mol. The normalized spacial score (nSPS) is 18.7. The summed E-state index contributed by atoms with van der Waals surface area (Å²) in [7, 11) is -0.519. The third-order valence-corrected chi connectivity index (χ3v) is 7.63. The van der Waals surface area contributed by atoms with Crippen LogP contribution in [0.4, 0.5) is 0 Å². The molecule has 1 atom stereocenters. The fourth-order valence-corrected chi connectivity index (χ4v) is 5.23. The number of aromatic nitrogens is 3. The molecule has 2 aromatic rings. The highest BCUT2D eigenvalue weighted by atomic mass is 79.9. The lowest BCUT2D eigenvalue weighted by Gasteiger charge is -2.33. The summed E-state index contributed by atoms with van der Waals surface area (Å²) in [4.78, 5) is 11.6. The Morgan fingerprint density at radius 3 is 2.63 bits per heavy atom. The Labute approximate surface area is 192 Å². The molecule has 0 saturated carbocycles. The van der Waals surface area contributed by atoms with Gasteiger partial charge in [0.15, 0.2) is 4.73 Å². The van der Waals surface area contributed by atoms with Crippen molar-refractivity contribution in [1.82, 2.24) is 19.4 Å². The van der Waals surface area contributed by atoms with Crippen LogP contribution in [0.2, 0.25) is 0 Å². The van der Waals surface area contributed by atoms with E-state index in [4.69, 9.17) is 4.74 Å². The fourth-order valence-electron chi connectivity index (χ4n) is 4.18. The van der Waals surface area contributed by atoms with Crippen molar-refractivity contribution >= 4 is 26.0 Å². The molecule has 168 valence electrons. The molecule has 0 aromatic carbocycles. The van der Waals surface area contributed by atoms with E-state index in [2.05, 4.69) is 80.1 Å². The van der Waals surface area contributed by atoms with Gasteiger partial charge in [-0.25, -0.2) is 15.0 Å². The minimum atomic E-state index is -0.519. The standard InChI is InChI=1S/C23H37BrN4OS/c1-18-11-21(12-19(2)26-18)13-20-7-6-8-27(15-20)16-22-14-25-23(24)28(22)17-29-9-10-30(3,4)5/h11-12,14,20H,6-10,13,15-17H2,1-5H3/t20-/m1/s1. The molecule has 3 rings (SSSR count). The summed E-state index contributed by atoms with van der Waals surface area (Å²) in [5, 5.41) is 0. The van der Waals surface area contributed by atoms with Crippen LogP contribution in [0.1, 0.15) is 35.5 Å². The van der Waals surface area contributed by atoms with E-state index < -0.39 is 10.0 Å². The number of ether oxygens (including phenoxy) is 1. The van der Waals surface area contributed by atoms with Crippen LogP contribution in [0.3, 0.4) is 0 Å². The summed E-state index contributed by atoms with van der Waals surface area (Å²) in [6.45, 7) is 8.77. The second-order valence-electron chi connectivity index (χ2n) is 9.48. The minimum absolute atomic E-state index is 0.519. The van der Waals surface area contributed by atoms with E-state index in [0.717, 1.165) is 54.5 Å². The number of nitrogens with zero attached hydrogens (tertiary/aromatic N) is 4. The van der Waals surface area contributed by atoms with E-state index in [-0.39, 0.29) is 0 Å². The number of aryl methyl sites for hydroxylation is 2. The van der Waals surface area contributed by atoms with Gasteiger partial charge in [0.05, 0.1) is 18.5 Å². The number of hydrogen-bond donors (Lipinski definition) is 0. The molecule has 0 radical (unpaired) electrons. The van der Waals surface area contributed by atoms with Gasteiger partial charge in [0.25, 0.3) is 0 Å². The Hall–Kier alpha value is -0.890. The van der Waals surface area contributed by atoms with Crippen molar-refractivity contribution in [3.8, 4) is 0 Å². The lowest BCUT2D eigenvalue weighted by atomic mass is 9.91. The number of imidazole rings is 1. The van der Waals surface area contributed by atoms with Gasteiger partial charge < -0.3 is 4.74 Å². The molecule has 2 aromatic heterocycles. The molecule has 30 heavy (non-hydrogen) atoms. The Kier molecular flexibility index (Phi) is 8.41. The number of hydrogen-bond acceptors (Lipinski definition) is 4. The topological polar surface area (TPSA) is 43.2 Å². The first-order chi connectivity index (χ1) is 14.2. The van der Waals surface area contributed by atoms with E-state index in [1.807, 2.05) is 6.20 Å². The maximum absolute atomic E-state index is 5.98. The number of halogens is 1. The van der Waals surface area contributed by atoms with Crippen LogP contribution in [-0.2, 0) is 24.4 Å². The Balaban J connectivity index is 1.55. The van der Waals surface area contributed by atoms with Crippen LogP contribution in [0.5, 0.6) is 0 Å². The molecular formula is C23H37BrN4OS. The van der Waals surface area contributed by atoms with Crippen molar-refractivity contribution in [2.75, 3.05) is 44.2 Å². The van der Waals surface area contributed by atoms with Crippen LogP contribution in [0.25, 0.3) is 0 Å². The first kappa shape index (κ1) is 23.8. The zero-order chi connectivity index (χ0) is 21.7. The molecule has 3 heterocycles. The number of rotatable bonds is 9. The molecule has 1 aliphatic rings. The maximum atomic E-state index is 5.98. The van der Waals surface area contributed by atoms with E-state index in [9.17, 15) is 0 Å². The first-order valence-electron chi connectivity index (χ1n) is 10.8. The largest absolute Gasteiger partial charge is 0.360 e. The Bertz CT molecular complexity index is 813. The third-order valence-electron chi connectivity index (χ3n) is 5.60. The van der Waals surface area contributed by atoms with Gasteiger partial charge in [0.1, 0.15) is 6.73 Å². The van der Waals surface area contributed by atoms with Gasteiger partial charge >= 0.3 is 0 Å². The average Bonchev–Trinajstić information content (AvgIpc) is 2.97. The van der Waals surface area contributed by atoms with Gasteiger partial charge in [0.2, 0.25) is 0 Å². The first-order valence-corrected chi connectivity index (χ1v) is 14.6. The van der Waals surface area contributed by atoms with Crippen molar-refractivity contribution in [2.24, 2.45) is 5.92 Å². The molecule has 1 saturated heterocycles. The summed E-state index contributed by atoms with van der Waals surface area (Å²) in [6, 6.07) is 4.49. The number of pyridine rings is 1. The molecule has 7 heteroatoms. The van der Waals surface area contributed by atoms with Crippen molar-refractivity contribution in [1.29, 1.82) is 0 Å². The van der Waals surface area contributed by atoms with Gasteiger partial charge in [-0.3, -0.25) is 14.5 Å². The van der Waals surface area contributed by atoms with Gasteiger partial charge in [-0.05, 0) is 98.0 Å². The zero-order valence-corrected chi connectivity index (χ0v) is 21.6. The fraction of sp³-hybridized carbons (Fsp3) is 0.652. The molecule has 0 spiro atoms. The molecule has 0 amide bonds. The van der Waals surface area contributed by atoms with Crippen molar-refractivity contribution < 1.29 is 4.74 Å². The van der Waals surface area contributed by atoms with Crippen molar-refractivity contribution in [2.45, 2.75) is 46.4 Å². The highest BCUT2D eigenvalue weighted by Crippen LogP contribution is 2.33. The Morgan fingerprint density at radius 1 is 1.20 bits per heavy atom. The zero-order valence-electron chi connectivity index (χ0n) is 19.2. The summed E-state index contributed by atoms with van der Waals surface area (Å²) in [5.41, 5.74) is 4.90. The predicted octanol–water partition coefficient (Wildman–Crippen LogP) is 4.78. The second kappa shape index (κ2) is 10.6.